The molecule has 0 aromatic carbocycles. The van der Waals surface area contributed by atoms with Crippen LogP contribution in [0.3, 0.4) is 0 Å². The summed E-state index contributed by atoms with van der Waals surface area (Å²) in [5.41, 5.74) is -0.404. The standard InChI is InChI=1S/C12H23NO2S/c1-4-5-6-9-16(14,15)10-7-8-12(2,3)11-13/h4-10H2,1-3H3. The topological polar surface area (TPSA) is 57.9 Å². The van der Waals surface area contributed by atoms with Gasteiger partial charge >= 0.3 is 0 Å². The molecule has 0 aliphatic rings. The summed E-state index contributed by atoms with van der Waals surface area (Å²) in [6, 6.07) is 2.19. The van der Waals surface area contributed by atoms with Crippen molar-refractivity contribution in [3.8, 4) is 6.07 Å². The lowest BCUT2D eigenvalue weighted by molar-refractivity contribution is 0.445. The molecular formula is C12H23NO2S. The predicted octanol–water partition coefficient (Wildman–Crippen LogP) is 2.92. The number of hydrogen-bond acceptors (Lipinski definition) is 3. The molecule has 0 saturated carbocycles. The summed E-state index contributed by atoms with van der Waals surface area (Å²) >= 11 is 0. The summed E-state index contributed by atoms with van der Waals surface area (Å²) in [5, 5.41) is 8.80. The van der Waals surface area contributed by atoms with E-state index in [4.69, 9.17) is 5.26 Å². The number of hydrogen-bond donors (Lipinski definition) is 0. The van der Waals surface area contributed by atoms with Crippen LogP contribution in [0.15, 0.2) is 0 Å². The van der Waals surface area contributed by atoms with E-state index in [0.29, 0.717) is 18.6 Å². The molecule has 0 aliphatic carbocycles. The fraction of sp³-hybridized carbons (Fsp3) is 0.917. The molecular weight excluding hydrogens is 222 g/mol. The average Bonchev–Trinajstić information content (AvgIpc) is 2.17. The van der Waals surface area contributed by atoms with Crippen molar-refractivity contribution in [2.24, 2.45) is 5.41 Å². The second-order valence-corrected chi connectivity index (χ2v) is 7.26. The molecule has 0 unspecified atom stereocenters. The lowest BCUT2D eigenvalue weighted by Gasteiger charge is -2.14. The molecule has 4 heteroatoms. The van der Waals surface area contributed by atoms with E-state index in [0.717, 1.165) is 19.3 Å². The van der Waals surface area contributed by atoms with Gasteiger partial charge in [-0.2, -0.15) is 5.26 Å². The lowest BCUT2D eigenvalue weighted by Crippen LogP contribution is -2.15. The molecule has 3 nitrogen and oxygen atoms in total. The lowest BCUT2D eigenvalue weighted by atomic mass is 9.90. The van der Waals surface area contributed by atoms with Gasteiger partial charge in [-0.05, 0) is 33.1 Å². The van der Waals surface area contributed by atoms with Gasteiger partial charge in [-0.15, -0.1) is 0 Å². The van der Waals surface area contributed by atoms with Crippen molar-refractivity contribution < 1.29 is 8.42 Å². The Morgan fingerprint density at radius 1 is 1.12 bits per heavy atom. The molecule has 0 saturated heterocycles. The summed E-state index contributed by atoms with van der Waals surface area (Å²) in [6.45, 7) is 5.75. The third-order valence-corrected chi connectivity index (χ3v) is 4.44. The van der Waals surface area contributed by atoms with Crippen molar-refractivity contribution in [2.45, 2.75) is 52.9 Å². The van der Waals surface area contributed by atoms with Crippen LogP contribution in [0, 0.1) is 16.7 Å². The van der Waals surface area contributed by atoms with Gasteiger partial charge in [0.05, 0.1) is 23.0 Å². The Balaban J connectivity index is 3.88. The molecule has 0 bridgehead atoms. The summed E-state index contributed by atoms with van der Waals surface area (Å²) in [5.74, 6) is 0.523. The minimum absolute atomic E-state index is 0.224. The van der Waals surface area contributed by atoms with E-state index >= 15 is 0 Å². The summed E-state index contributed by atoms with van der Waals surface area (Å²) in [7, 11) is -2.89. The summed E-state index contributed by atoms with van der Waals surface area (Å²) < 4.78 is 23.2. The first-order valence-corrected chi connectivity index (χ1v) is 7.77. The SMILES string of the molecule is CCCCCS(=O)(=O)CCCC(C)(C)C#N. The number of unbranched alkanes of at least 4 members (excludes halogenated alkanes) is 2. The zero-order chi connectivity index (χ0) is 12.7. The maximum Gasteiger partial charge on any atom is 0.150 e. The normalized spacial score (nSPS) is 12.4. The van der Waals surface area contributed by atoms with Crippen LogP contribution in [0.4, 0.5) is 0 Å². The van der Waals surface area contributed by atoms with Gasteiger partial charge in [0.15, 0.2) is 0 Å². The fourth-order valence-electron chi connectivity index (χ4n) is 1.46. The van der Waals surface area contributed by atoms with Crippen molar-refractivity contribution in [1.29, 1.82) is 5.26 Å². The molecule has 16 heavy (non-hydrogen) atoms. The first-order chi connectivity index (χ1) is 7.33. The first kappa shape index (κ1) is 15.4. The van der Waals surface area contributed by atoms with Crippen LogP contribution >= 0.6 is 0 Å². The van der Waals surface area contributed by atoms with Crippen LogP contribution in [0.5, 0.6) is 0 Å². The average molecular weight is 245 g/mol. The van der Waals surface area contributed by atoms with E-state index in [1.807, 2.05) is 13.8 Å². The maximum atomic E-state index is 11.6. The van der Waals surface area contributed by atoms with Gasteiger partial charge in [0.1, 0.15) is 9.84 Å². The molecule has 0 fully saturated rings. The van der Waals surface area contributed by atoms with E-state index in [2.05, 4.69) is 13.0 Å². The van der Waals surface area contributed by atoms with Crippen molar-refractivity contribution in [2.75, 3.05) is 11.5 Å². The van der Waals surface area contributed by atoms with Gasteiger partial charge in [-0.25, -0.2) is 8.42 Å². The minimum Gasteiger partial charge on any atom is -0.229 e. The van der Waals surface area contributed by atoms with Crippen molar-refractivity contribution in [3.63, 3.8) is 0 Å². The maximum absolute atomic E-state index is 11.6. The Kier molecular flexibility index (Phi) is 6.66. The predicted molar refractivity (Wildman–Crippen MR) is 66.8 cm³/mol. The smallest absolute Gasteiger partial charge is 0.150 e. The highest BCUT2D eigenvalue weighted by Gasteiger charge is 2.18. The molecule has 0 atom stereocenters. The molecule has 0 spiro atoms. The molecule has 94 valence electrons. The van der Waals surface area contributed by atoms with Crippen molar-refractivity contribution in [3.05, 3.63) is 0 Å². The molecule has 0 radical (unpaired) electrons. The molecule has 0 aromatic rings. The van der Waals surface area contributed by atoms with Gasteiger partial charge in [-0.1, -0.05) is 19.8 Å². The second kappa shape index (κ2) is 6.90. The molecule has 0 heterocycles. The molecule has 0 N–H and O–H groups in total. The monoisotopic (exact) mass is 245 g/mol. The van der Waals surface area contributed by atoms with Crippen LogP contribution in [0.2, 0.25) is 0 Å². The Labute approximate surface area is 99.8 Å². The Morgan fingerprint density at radius 2 is 1.69 bits per heavy atom. The Hall–Kier alpha value is -0.560. The number of nitrogens with zero attached hydrogens (tertiary/aromatic N) is 1. The van der Waals surface area contributed by atoms with Gasteiger partial charge in [0, 0.05) is 0 Å². The highest BCUT2D eigenvalue weighted by molar-refractivity contribution is 7.91. The fourth-order valence-corrected chi connectivity index (χ4v) is 2.90. The summed E-state index contributed by atoms with van der Waals surface area (Å²) in [6.07, 6.45) is 4.02. The highest BCUT2D eigenvalue weighted by atomic mass is 32.2. The van der Waals surface area contributed by atoms with Crippen LogP contribution in [-0.4, -0.2) is 19.9 Å². The molecule has 0 amide bonds. The zero-order valence-electron chi connectivity index (χ0n) is 10.6. The van der Waals surface area contributed by atoms with Crippen LogP contribution in [0.1, 0.15) is 52.9 Å². The molecule has 0 aliphatic heterocycles. The van der Waals surface area contributed by atoms with E-state index in [1.165, 1.54) is 0 Å². The Morgan fingerprint density at radius 3 is 2.19 bits per heavy atom. The quantitative estimate of drug-likeness (QED) is 0.618. The van der Waals surface area contributed by atoms with E-state index < -0.39 is 15.3 Å². The highest BCUT2D eigenvalue weighted by Crippen LogP contribution is 2.21. The van der Waals surface area contributed by atoms with E-state index in [9.17, 15) is 8.42 Å². The van der Waals surface area contributed by atoms with E-state index in [-0.39, 0.29) is 5.75 Å². The Bertz CT molecular complexity index is 325. The first-order valence-electron chi connectivity index (χ1n) is 5.94. The van der Waals surface area contributed by atoms with Crippen molar-refractivity contribution >= 4 is 9.84 Å². The zero-order valence-corrected chi connectivity index (χ0v) is 11.4. The minimum atomic E-state index is -2.89. The second-order valence-electron chi connectivity index (χ2n) is 4.96. The third-order valence-electron chi connectivity index (χ3n) is 2.62. The third kappa shape index (κ3) is 7.70. The van der Waals surface area contributed by atoms with E-state index in [1.54, 1.807) is 0 Å². The van der Waals surface area contributed by atoms with Crippen LogP contribution in [-0.2, 0) is 9.84 Å². The van der Waals surface area contributed by atoms with Gasteiger partial charge in [0.25, 0.3) is 0 Å². The van der Waals surface area contributed by atoms with Crippen LogP contribution < -0.4 is 0 Å². The van der Waals surface area contributed by atoms with Gasteiger partial charge in [-0.3, -0.25) is 0 Å². The number of sulfone groups is 1. The van der Waals surface area contributed by atoms with Gasteiger partial charge in [0.2, 0.25) is 0 Å². The van der Waals surface area contributed by atoms with Crippen LogP contribution in [0.25, 0.3) is 0 Å². The number of rotatable bonds is 8. The van der Waals surface area contributed by atoms with Crippen molar-refractivity contribution in [1.82, 2.24) is 0 Å². The largest absolute Gasteiger partial charge is 0.229 e. The molecule has 0 aromatic heterocycles. The summed E-state index contributed by atoms with van der Waals surface area (Å²) in [4.78, 5) is 0. The van der Waals surface area contributed by atoms with Gasteiger partial charge < -0.3 is 0 Å². The molecule has 0 rings (SSSR count). The number of nitriles is 1.